The molecule has 0 aromatic heterocycles. The van der Waals surface area contributed by atoms with Crippen molar-refractivity contribution in [3.63, 3.8) is 0 Å². The second kappa shape index (κ2) is 6.73. The highest BCUT2D eigenvalue weighted by atomic mass is 79.9. The van der Waals surface area contributed by atoms with E-state index in [0.717, 1.165) is 34.2 Å². The second-order valence-corrected chi connectivity index (χ2v) is 8.29. The van der Waals surface area contributed by atoms with Gasteiger partial charge in [-0.3, -0.25) is 4.79 Å². The molecule has 1 aliphatic heterocycles. The fourth-order valence-corrected chi connectivity index (χ4v) is 4.74. The van der Waals surface area contributed by atoms with Gasteiger partial charge in [0.1, 0.15) is 18.5 Å². The number of hydrogen-bond donors (Lipinski definition) is 0. The van der Waals surface area contributed by atoms with Crippen molar-refractivity contribution >= 4 is 21.9 Å². The van der Waals surface area contributed by atoms with Crippen LogP contribution in [0.4, 0.5) is 0 Å². The third-order valence-corrected chi connectivity index (χ3v) is 6.70. The van der Waals surface area contributed by atoms with E-state index in [1.807, 2.05) is 25.1 Å². The van der Waals surface area contributed by atoms with Gasteiger partial charge in [-0.25, -0.2) is 0 Å². The van der Waals surface area contributed by atoms with Crippen LogP contribution >= 0.6 is 15.9 Å². The molecule has 3 unspecified atom stereocenters. The predicted octanol–water partition coefficient (Wildman–Crippen LogP) is 5.44. The van der Waals surface area contributed by atoms with Crippen LogP contribution in [0.5, 0.6) is 5.75 Å². The average molecular weight is 415 g/mol. The number of esters is 1. The van der Waals surface area contributed by atoms with Gasteiger partial charge in [0, 0.05) is 21.5 Å². The Morgan fingerprint density at radius 3 is 2.81 bits per heavy atom. The Kier molecular flexibility index (Phi) is 4.55. The highest BCUT2D eigenvalue weighted by Gasteiger charge is 2.46. The van der Waals surface area contributed by atoms with Crippen molar-refractivity contribution in [1.29, 1.82) is 0 Å². The summed E-state index contributed by atoms with van der Waals surface area (Å²) in [6.45, 7) is 6.72. The van der Waals surface area contributed by atoms with E-state index >= 15 is 0 Å². The van der Waals surface area contributed by atoms with Gasteiger partial charge in [0.05, 0.1) is 5.92 Å². The van der Waals surface area contributed by atoms with E-state index in [0.29, 0.717) is 6.61 Å². The lowest BCUT2D eigenvalue weighted by molar-refractivity contribution is -0.144. The van der Waals surface area contributed by atoms with E-state index in [9.17, 15) is 4.79 Å². The number of carbonyl (C=O) groups is 1. The Balaban J connectivity index is 1.68. The minimum atomic E-state index is -0.119. The molecule has 1 fully saturated rings. The molecule has 1 aliphatic carbocycles. The molecule has 1 heterocycles. The second-order valence-electron chi connectivity index (χ2n) is 7.44. The minimum absolute atomic E-state index is 0.0160. The summed E-state index contributed by atoms with van der Waals surface area (Å²) in [5.41, 5.74) is 5.96. The highest BCUT2D eigenvalue weighted by molar-refractivity contribution is 9.10. The number of halogens is 1. The third kappa shape index (κ3) is 2.84. The van der Waals surface area contributed by atoms with E-state index in [4.69, 9.17) is 9.47 Å². The number of fused-ring (bicyclic) bond motifs is 3. The summed E-state index contributed by atoms with van der Waals surface area (Å²) in [6.07, 6.45) is 1.91. The molecule has 2 aromatic rings. The average Bonchev–Trinajstić information content (AvgIpc) is 2.92. The van der Waals surface area contributed by atoms with Crippen LogP contribution in [0.1, 0.15) is 47.3 Å². The molecule has 2 aromatic carbocycles. The summed E-state index contributed by atoms with van der Waals surface area (Å²) in [7, 11) is 0. The van der Waals surface area contributed by atoms with Gasteiger partial charge >= 0.3 is 5.97 Å². The largest absolute Gasteiger partial charge is 0.489 e. The number of aryl methyl sites for hydroxylation is 1. The molecule has 3 nitrogen and oxygen atoms in total. The number of carbonyl (C=O) groups excluding carboxylic acids is 1. The van der Waals surface area contributed by atoms with Crippen LogP contribution < -0.4 is 4.74 Å². The molecular weight excluding hydrogens is 392 g/mol. The number of benzene rings is 2. The summed E-state index contributed by atoms with van der Waals surface area (Å²) in [5, 5.41) is 0. The maximum absolute atomic E-state index is 12.1. The standard InChI is InChI=1S/C22H23BrO3/c1-12-10-19(25-11-15-6-4-5-7-18(15)23)14(3)20-16(12)8-9-17-13(2)22(24)26-21(17)20/h4-7,10,13,17,21H,8-9,11H2,1-3H3. The van der Waals surface area contributed by atoms with Crippen molar-refractivity contribution in [3.8, 4) is 5.75 Å². The van der Waals surface area contributed by atoms with Crippen molar-refractivity contribution in [3.05, 3.63) is 62.6 Å². The van der Waals surface area contributed by atoms with Gasteiger partial charge in [-0.1, -0.05) is 41.1 Å². The Labute approximate surface area is 162 Å². The summed E-state index contributed by atoms with van der Waals surface area (Å²) >= 11 is 3.58. The first-order valence-electron chi connectivity index (χ1n) is 9.17. The van der Waals surface area contributed by atoms with Crippen LogP contribution in [0, 0.1) is 25.7 Å². The first-order chi connectivity index (χ1) is 12.5. The molecule has 3 atom stereocenters. The van der Waals surface area contributed by atoms with Gasteiger partial charge in [0.2, 0.25) is 0 Å². The molecule has 2 aliphatic rings. The summed E-state index contributed by atoms with van der Waals surface area (Å²) in [6, 6.07) is 10.2. The van der Waals surface area contributed by atoms with Gasteiger partial charge in [-0.2, -0.15) is 0 Å². The molecule has 0 spiro atoms. The number of hydrogen-bond acceptors (Lipinski definition) is 3. The maximum Gasteiger partial charge on any atom is 0.309 e. The van der Waals surface area contributed by atoms with Gasteiger partial charge < -0.3 is 9.47 Å². The molecular formula is C22H23BrO3. The molecule has 0 radical (unpaired) electrons. The maximum atomic E-state index is 12.1. The summed E-state index contributed by atoms with van der Waals surface area (Å²) in [4.78, 5) is 12.1. The zero-order valence-corrected chi connectivity index (χ0v) is 16.9. The molecule has 0 amide bonds. The van der Waals surface area contributed by atoms with Gasteiger partial charge in [-0.15, -0.1) is 0 Å². The van der Waals surface area contributed by atoms with Crippen molar-refractivity contribution in [1.82, 2.24) is 0 Å². The SMILES string of the molecule is Cc1cc(OCc2ccccc2Br)c(C)c2c1CCC1C(C)C(=O)OC21. The van der Waals surface area contributed by atoms with Crippen LogP contribution in [-0.2, 0) is 22.6 Å². The first kappa shape index (κ1) is 17.6. The Morgan fingerprint density at radius 1 is 1.27 bits per heavy atom. The zero-order chi connectivity index (χ0) is 18.4. The molecule has 26 heavy (non-hydrogen) atoms. The molecule has 4 rings (SSSR count). The van der Waals surface area contributed by atoms with Crippen LogP contribution in [0.15, 0.2) is 34.8 Å². The van der Waals surface area contributed by atoms with Gasteiger partial charge in [0.25, 0.3) is 0 Å². The monoisotopic (exact) mass is 414 g/mol. The van der Waals surface area contributed by atoms with Crippen molar-refractivity contribution in [2.24, 2.45) is 11.8 Å². The van der Waals surface area contributed by atoms with Gasteiger partial charge in [-0.05, 0) is 55.5 Å². The Bertz CT molecular complexity index is 874. The Hall–Kier alpha value is -1.81. The van der Waals surface area contributed by atoms with Crippen LogP contribution in [-0.4, -0.2) is 5.97 Å². The summed E-state index contributed by atoms with van der Waals surface area (Å²) in [5.74, 6) is 1.09. The fourth-order valence-electron chi connectivity index (χ4n) is 4.34. The fraction of sp³-hybridized carbons (Fsp3) is 0.409. The van der Waals surface area contributed by atoms with Crippen molar-refractivity contribution < 1.29 is 14.3 Å². The lowest BCUT2D eigenvalue weighted by Gasteiger charge is -2.31. The van der Waals surface area contributed by atoms with E-state index in [1.54, 1.807) is 0 Å². The number of ether oxygens (including phenoxy) is 2. The lowest BCUT2D eigenvalue weighted by atomic mass is 9.74. The van der Waals surface area contributed by atoms with E-state index < -0.39 is 0 Å². The quantitative estimate of drug-likeness (QED) is 0.627. The van der Waals surface area contributed by atoms with Crippen LogP contribution in [0.2, 0.25) is 0 Å². The van der Waals surface area contributed by atoms with Crippen LogP contribution in [0.25, 0.3) is 0 Å². The Morgan fingerprint density at radius 2 is 2.04 bits per heavy atom. The first-order valence-corrected chi connectivity index (χ1v) is 9.96. The van der Waals surface area contributed by atoms with Crippen molar-refractivity contribution in [2.75, 3.05) is 0 Å². The van der Waals surface area contributed by atoms with Gasteiger partial charge in [0.15, 0.2) is 0 Å². The van der Waals surface area contributed by atoms with E-state index in [1.165, 1.54) is 16.7 Å². The van der Waals surface area contributed by atoms with Crippen LogP contribution in [0.3, 0.4) is 0 Å². The lowest BCUT2D eigenvalue weighted by Crippen LogP contribution is -2.22. The highest BCUT2D eigenvalue weighted by Crippen LogP contribution is 2.49. The van der Waals surface area contributed by atoms with E-state index in [-0.39, 0.29) is 23.9 Å². The topological polar surface area (TPSA) is 35.5 Å². The normalized spacial score (nSPS) is 24.0. The molecule has 0 N–H and O–H groups in total. The van der Waals surface area contributed by atoms with E-state index in [2.05, 4.69) is 41.9 Å². The third-order valence-electron chi connectivity index (χ3n) is 5.92. The zero-order valence-electron chi connectivity index (χ0n) is 15.3. The predicted molar refractivity (Wildman–Crippen MR) is 104 cm³/mol. The summed E-state index contributed by atoms with van der Waals surface area (Å²) < 4.78 is 13.0. The molecule has 0 bridgehead atoms. The smallest absolute Gasteiger partial charge is 0.309 e. The molecule has 1 saturated heterocycles. The molecule has 0 saturated carbocycles. The minimum Gasteiger partial charge on any atom is -0.489 e. The number of rotatable bonds is 3. The molecule has 4 heteroatoms. The molecule has 136 valence electrons. The van der Waals surface area contributed by atoms with Crippen molar-refractivity contribution in [2.45, 2.75) is 46.3 Å².